The first-order chi connectivity index (χ1) is 9.95. The molecule has 0 aromatic heterocycles. The Morgan fingerprint density at radius 2 is 1.95 bits per heavy atom. The lowest BCUT2D eigenvalue weighted by Gasteiger charge is -2.07. The number of nitrogens with two attached hydrogens (primary N) is 1. The van der Waals surface area contributed by atoms with E-state index < -0.39 is 11.6 Å². The van der Waals surface area contributed by atoms with Gasteiger partial charge >= 0.3 is 0 Å². The molecule has 7 heteroatoms. The number of carbonyl (C=O) groups is 1. The number of amides is 1. The number of thioether (sulfide) groups is 1. The van der Waals surface area contributed by atoms with Crippen molar-refractivity contribution in [1.29, 1.82) is 0 Å². The molecule has 0 saturated heterocycles. The highest BCUT2D eigenvalue weighted by Gasteiger charge is 2.08. The molecule has 0 atom stereocenters. The van der Waals surface area contributed by atoms with Crippen molar-refractivity contribution >= 4 is 40.6 Å². The molecule has 3 N–H and O–H groups in total. The summed E-state index contributed by atoms with van der Waals surface area (Å²) in [5.41, 5.74) is 6.45. The van der Waals surface area contributed by atoms with E-state index in [0.717, 1.165) is 17.0 Å². The second-order valence-electron chi connectivity index (χ2n) is 4.15. The van der Waals surface area contributed by atoms with Gasteiger partial charge in [-0.3, -0.25) is 4.79 Å². The van der Waals surface area contributed by atoms with Gasteiger partial charge in [0, 0.05) is 27.4 Å². The van der Waals surface area contributed by atoms with Crippen LogP contribution in [0.4, 0.5) is 20.2 Å². The number of rotatable bonds is 4. The largest absolute Gasteiger partial charge is 0.398 e. The fourth-order valence-corrected chi connectivity index (χ4v) is 2.49. The van der Waals surface area contributed by atoms with E-state index in [1.165, 1.54) is 17.8 Å². The Hall–Kier alpha value is -1.79. The summed E-state index contributed by atoms with van der Waals surface area (Å²) in [5, 5.41) is 2.99. The lowest BCUT2D eigenvalue weighted by atomic mass is 10.3. The molecule has 2 aromatic carbocycles. The average molecular weight is 329 g/mol. The van der Waals surface area contributed by atoms with Crippen LogP contribution in [0.15, 0.2) is 41.3 Å². The molecule has 0 aliphatic rings. The van der Waals surface area contributed by atoms with Gasteiger partial charge in [-0.2, -0.15) is 0 Å². The molecule has 0 heterocycles. The molecular formula is C14H11ClF2N2OS. The van der Waals surface area contributed by atoms with Crippen LogP contribution in [0.25, 0.3) is 0 Å². The van der Waals surface area contributed by atoms with Gasteiger partial charge in [-0.15, -0.1) is 11.8 Å². The fourth-order valence-electron chi connectivity index (χ4n) is 1.57. The molecule has 0 aliphatic heterocycles. The van der Waals surface area contributed by atoms with Crippen LogP contribution in [0.3, 0.4) is 0 Å². The van der Waals surface area contributed by atoms with Crippen LogP contribution in [0.5, 0.6) is 0 Å². The molecule has 110 valence electrons. The minimum Gasteiger partial charge on any atom is -0.398 e. The maximum atomic E-state index is 13.0. The molecule has 0 fully saturated rings. The van der Waals surface area contributed by atoms with Crippen molar-refractivity contribution in [3.8, 4) is 0 Å². The normalized spacial score (nSPS) is 10.4. The lowest BCUT2D eigenvalue weighted by molar-refractivity contribution is -0.113. The molecular weight excluding hydrogens is 318 g/mol. The SMILES string of the molecule is Nc1cc(Cl)ccc1SCC(=O)Nc1ccc(F)c(F)c1. The third kappa shape index (κ3) is 4.34. The first kappa shape index (κ1) is 15.6. The summed E-state index contributed by atoms with van der Waals surface area (Å²) in [4.78, 5) is 12.5. The van der Waals surface area contributed by atoms with E-state index in [1.54, 1.807) is 18.2 Å². The Morgan fingerprint density at radius 1 is 1.19 bits per heavy atom. The zero-order valence-electron chi connectivity index (χ0n) is 10.7. The van der Waals surface area contributed by atoms with E-state index in [0.29, 0.717) is 10.7 Å². The molecule has 0 saturated carbocycles. The average Bonchev–Trinajstić information content (AvgIpc) is 2.42. The predicted octanol–water partition coefficient (Wildman–Crippen LogP) is 3.93. The van der Waals surface area contributed by atoms with Crippen molar-refractivity contribution in [2.24, 2.45) is 0 Å². The Balaban J connectivity index is 1.94. The minimum absolute atomic E-state index is 0.0881. The van der Waals surface area contributed by atoms with Gasteiger partial charge < -0.3 is 11.1 Å². The monoisotopic (exact) mass is 328 g/mol. The minimum atomic E-state index is -1.01. The summed E-state index contributed by atoms with van der Waals surface area (Å²) in [6.07, 6.45) is 0. The number of halogens is 3. The van der Waals surface area contributed by atoms with E-state index in [1.807, 2.05) is 0 Å². The van der Waals surface area contributed by atoms with Gasteiger partial charge in [-0.1, -0.05) is 11.6 Å². The van der Waals surface area contributed by atoms with Gasteiger partial charge in [-0.25, -0.2) is 8.78 Å². The van der Waals surface area contributed by atoms with Crippen molar-refractivity contribution in [3.63, 3.8) is 0 Å². The van der Waals surface area contributed by atoms with E-state index in [4.69, 9.17) is 17.3 Å². The third-order valence-electron chi connectivity index (χ3n) is 2.53. The first-order valence-corrected chi connectivity index (χ1v) is 7.25. The zero-order valence-corrected chi connectivity index (χ0v) is 12.3. The maximum absolute atomic E-state index is 13.0. The Bertz CT molecular complexity index is 682. The third-order valence-corrected chi connectivity index (χ3v) is 3.86. The fraction of sp³-hybridized carbons (Fsp3) is 0.0714. The molecule has 2 rings (SSSR count). The Labute approximate surface area is 129 Å². The van der Waals surface area contributed by atoms with Crippen LogP contribution in [0, 0.1) is 11.6 Å². The molecule has 3 nitrogen and oxygen atoms in total. The zero-order chi connectivity index (χ0) is 15.4. The van der Waals surface area contributed by atoms with Gasteiger partial charge in [0.1, 0.15) is 0 Å². The molecule has 0 spiro atoms. The summed E-state index contributed by atoms with van der Waals surface area (Å²) < 4.78 is 25.8. The topological polar surface area (TPSA) is 55.1 Å². The number of anilines is 2. The van der Waals surface area contributed by atoms with Crippen molar-refractivity contribution in [3.05, 3.63) is 53.1 Å². The Kier molecular flexibility index (Phi) is 5.03. The number of nitrogens with one attached hydrogen (secondary N) is 1. The van der Waals surface area contributed by atoms with Crippen LogP contribution >= 0.6 is 23.4 Å². The lowest BCUT2D eigenvalue weighted by Crippen LogP contribution is -2.14. The predicted molar refractivity (Wildman–Crippen MR) is 81.6 cm³/mol. The van der Waals surface area contributed by atoms with E-state index in [2.05, 4.69) is 5.32 Å². The van der Waals surface area contributed by atoms with Crippen molar-refractivity contribution < 1.29 is 13.6 Å². The van der Waals surface area contributed by atoms with E-state index in [-0.39, 0.29) is 17.3 Å². The summed E-state index contributed by atoms with van der Waals surface area (Å²) in [6, 6.07) is 8.15. The smallest absolute Gasteiger partial charge is 0.234 e. The number of carbonyl (C=O) groups excluding carboxylic acids is 1. The van der Waals surface area contributed by atoms with Gasteiger partial charge in [0.25, 0.3) is 0 Å². The van der Waals surface area contributed by atoms with Crippen LogP contribution in [0.1, 0.15) is 0 Å². The van der Waals surface area contributed by atoms with Crippen LogP contribution in [0.2, 0.25) is 5.02 Å². The highest BCUT2D eigenvalue weighted by molar-refractivity contribution is 8.00. The first-order valence-electron chi connectivity index (χ1n) is 5.88. The molecule has 2 aromatic rings. The van der Waals surface area contributed by atoms with Crippen LogP contribution in [-0.2, 0) is 4.79 Å². The van der Waals surface area contributed by atoms with E-state index in [9.17, 15) is 13.6 Å². The van der Waals surface area contributed by atoms with Gasteiger partial charge in [0.05, 0.1) is 5.75 Å². The number of benzene rings is 2. The molecule has 0 bridgehead atoms. The molecule has 0 aliphatic carbocycles. The second-order valence-corrected chi connectivity index (χ2v) is 5.60. The van der Waals surface area contributed by atoms with Crippen LogP contribution < -0.4 is 11.1 Å². The van der Waals surface area contributed by atoms with Crippen molar-refractivity contribution in [2.45, 2.75) is 4.90 Å². The number of nitrogen functional groups attached to an aromatic ring is 1. The standard InChI is InChI=1S/C14H11ClF2N2OS/c15-8-1-4-13(12(18)5-8)21-7-14(20)19-9-2-3-10(16)11(17)6-9/h1-6H,7,18H2,(H,19,20). The quantitative estimate of drug-likeness (QED) is 0.660. The summed E-state index contributed by atoms with van der Waals surface area (Å²) >= 11 is 7.01. The highest BCUT2D eigenvalue weighted by atomic mass is 35.5. The summed E-state index contributed by atoms with van der Waals surface area (Å²) in [6.45, 7) is 0. The summed E-state index contributed by atoms with van der Waals surface area (Å²) in [5.74, 6) is -2.23. The molecule has 1 amide bonds. The maximum Gasteiger partial charge on any atom is 0.234 e. The Morgan fingerprint density at radius 3 is 2.62 bits per heavy atom. The van der Waals surface area contributed by atoms with E-state index >= 15 is 0 Å². The van der Waals surface area contributed by atoms with Gasteiger partial charge in [0.15, 0.2) is 11.6 Å². The van der Waals surface area contributed by atoms with Gasteiger partial charge in [-0.05, 0) is 30.3 Å². The van der Waals surface area contributed by atoms with Crippen molar-refractivity contribution in [1.82, 2.24) is 0 Å². The number of hydrogen-bond acceptors (Lipinski definition) is 3. The molecule has 21 heavy (non-hydrogen) atoms. The van der Waals surface area contributed by atoms with Crippen LogP contribution in [-0.4, -0.2) is 11.7 Å². The van der Waals surface area contributed by atoms with Gasteiger partial charge in [0.2, 0.25) is 5.91 Å². The molecule has 0 radical (unpaired) electrons. The molecule has 0 unspecified atom stereocenters. The summed E-state index contributed by atoms with van der Waals surface area (Å²) in [7, 11) is 0. The second kappa shape index (κ2) is 6.78. The van der Waals surface area contributed by atoms with Crippen molar-refractivity contribution in [2.75, 3.05) is 16.8 Å². The number of hydrogen-bond donors (Lipinski definition) is 2. The highest BCUT2D eigenvalue weighted by Crippen LogP contribution is 2.27.